The summed E-state index contributed by atoms with van der Waals surface area (Å²) in [6.07, 6.45) is 3.41. The maximum absolute atomic E-state index is 5.44. The molecule has 56 valence electrons. The van der Waals surface area contributed by atoms with E-state index in [1.807, 2.05) is 7.05 Å². The molecule has 1 heterocycles. The fourth-order valence-electron chi connectivity index (χ4n) is 0.875. The lowest BCUT2D eigenvalue weighted by atomic mass is 10.2. The van der Waals surface area contributed by atoms with Gasteiger partial charge in [0.2, 0.25) is 0 Å². The Morgan fingerprint density at radius 1 is 1.50 bits per heavy atom. The minimum absolute atomic E-state index is 0.549. The molecule has 1 aromatic heterocycles. The molecule has 0 amide bonds. The molecule has 0 saturated carbocycles. The van der Waals surface area contributed by atoms with E-state index in [0.717, 1.165) is 17.7 Å². The maximum Gasteiger partial charge on any atom is 0.0950 e. The van der Waals surface area contributed by atoms with Crippen LogP contribution in [0.2, 0.25) is 0 Å². The third-order valence-electron chi connectivity index (χ3n) is 1.42. The van der Waals surface area contributed by atoms with Gasteiger partial charge in [-0.3, -0.25) is 0 Å². The smallest absolute Gasteiger partial charge is 0.0950 e. The highest BCUT2D eigenvalue weighted by molar-refractivity contribution is 5.20. The van der Waals surface area contributed by atoms with E-state index < -0.39 is 0 Å². The first-order valence-corrected chi connectivity index (χ1v) is 3.27. The monoisotopic (exact) mass is 140 g/mol. The van der Waals surface area contributed by atoms with Gasteiger partial charge < -0.3 is 15.5 Å². The first kappa shape index (κ1) is 7.31. The molecule has 0 aliphatic rings. The normalized spacial score (nSPS) is 10.2. The van der Waals surface area contributed by atoms with Crippen LogP contribution in [0.4, 0.5) is 0 Å². The second-order valence-electron chi connectivity index (χ2n) is 2.16. The fourth-order valence-corrected chi connectivity index (χ4v) is 0.875. The third-order valence-corrected chi connectivity index (χ3v) is 1.42. The predicted molar refractivity (Wildman–Crippen MR) is 39.4 cm³/mol. The van der Waals surface area contributed by atoms with Gasteiger partial charge in [-0.25, -0.2) is 0 Å². The van der Waals surface area contributed by atoms with Crippen LogP contribution in [0.1, 0.15) is 11.1 Å². The van der Waals surface area contributed by atoms with Gasteiger partial charge >= 0.3 is 0 Å². The molecule has 0 spiro atoms. The maximum atomic E-state index is 5.44. The van der Waals surface area contributed by atoms with Crippen molar-refractivity contribution in [2.24, 2.45) is 5.73 Å². The molecular formula is C7H12N2O. The van der Waals surface area contributed by atoms with Crippen molar-refractivity contribution >= 4 is 0 Å². The van der Waals surface area contributed by atoms with E-state index in [2.05, 4.69) is 5.32 Å². The molecule has 1 aromatic rings. The lowest BCUT2D eigenvalue weighted by molar-refractivity contribution is 0.560. The van der Waals surface area contributed by atoms with Gasteiger partial charge in [-0.05, 0) is 7.05 Å². The highest BCUT2D eigenvalue weighted by Gasteiger charge is 2.00. The molecule has 3 nitrogen and oxygen atoms in total. The standard InChI is InChI=1S/C7H12N2O/c1-9-3-7-5-10-4-6(7)2-8/h4-5,9H,2-3,8H2,1H3. The summed E-state index contributed by atoms with van der Waals surface area (Å²) in [6, 6.07) is 0. The van der Waals surface area contributed by atoms with Crippen molar-refractivity contribution in [3.05, 3.63) is 23.7 Å². The van der Waals surface area contributed by atoms with Gasteiger partial charge in [0, 0.05) is 24.2 Å². The Labute approximate surface area is 60.2 Å². The lowest BCUT2D eigenvalue weighted by Gasteiger charge is -1.96. The summed E-state index contributed by atoms with van der Waals surface area (Å²) in [5.41, 5.74) is 7.66. The first-order chi connectivity index (χ1) is 4.88. The van der Waals surface area contributed by atoms with Crippen molar-refractivity contribution < 1.29 is 4.42 Å². The van der Waals surface area contributed by atoms with E-state index in [1.165, 1.54) is 0 Å². The minimum Gasteiger partial charge on any atom is -0.472 e. The Balaban J connectivity index is 2.70. The molecule has 3 heteroatoms. The van der Waals surface area contributed by atoms with Crippen LogP contribution in [0.5, 0.6) is 0 Å². The van der Waals surface area contributed by atoms with E-state index in [9.17, 15) is 0 Å². The highest BCUT2D eigenvalue weighted by atomic mass is 16.3. The first-order valence-electron chi connectivity index (χ1n) is 3.27. The van der Waals surface area contributed by atoms with Crippen molar-refractivity contribution in [1.29, 1.82) is 0 Å². The van der Waals surface area contributed by atoms with Crippen LogP contribution in [0.3, 0.4) is 0 Å². The summed E-state index contributed by atoms with van der Waals surface area (Å²) in [4.78, 5) is 0. The van der Waals surface area contributed by atoms with Gasteiger partial charge in [0.15, 0.2) is 0 Å². The number of nitrogens with one attached hydrogen (secondary N) is 1. The molecule has 0 aliphatic heterocycles. The third kappa shape index (κ3) is 1.37. The van der Waals surface area contributed by atoms with Gasteiger partial charge in [0.25, 0.3) is 0 Å². The number of furan rings is 1. The Morgan fingerprint density at radius 2 is 2.20 bits per heavy atom. The topological polar surface area (TPSA) is 51.2 Å². The van der Waals surface area contributed by atoms with Gasteiger partial charge in [-0.2, -0.15) is 0 Å². The number of nitrogens with two attached hydrogens (primary N) is 1. The van der Waals surface area contributed by atoms with E-state index in [4.69, 9.17) is 10.2 Å². The highest BCUT2D eigenvalue weighted by Crippen LogP contribution is 2.08. The summed E-state index contributed by atoms with van der Waals surface area (Å²) in [7, 11) is 1.90. The molecule has 0 atom stereocenters. The summed E-state index contributed by atoms with van der Waals surface area (Å²) >= 11 is 0. The number of hydrogen-bond donors (Lipinski definition) is 2. The zero-order valence-corrected chi connectivity index (χ0v) is 6.05. The largest absolute Gasteiger partial charge is 0.472 e. The quantitative estimate of drug-likeness (QED) is 0.641. The van der Waals surface area contributed by atoms with Crippen LogP contribution in [0.15, 0.2) is 16.9 Å². The van der Waals surface area contributed by atoms with E-state index in [1.54, 1.807) is 12.5 Å². The molecule has 10 heavy (non-hydrogen) atoms. The van der Waals surface area contributed by atoms with Crippen LogP contribution < -0.4 is 11.1 Å². The van der Waals surface area contributed by atoms with Crippen molar-refractivity contribution in [2.45, 2.75) is 13.1 Å². The molecule has 0 unspecified atom stereocenters. The van der Waals surface area contributed by atoms with Crippen molar-refractivity contribution in [3.8, 4) is 0 Å². The van der Waals surface area contributed by atoms with Crippen LogP contribution in [0.25, 0.3) is 0 Å². The Kier molecular flexibility index (Phi) is 2.48. The molecule has 0 radical (unpaired) electrons. The summed E-state index contributed by atoms with van der Waals surface area (Å²) in [6.45, 7) is 1.37. The molecule has 3 N–H and O–H groups in total. The van der Waals surface area contributed by atoms with Crippen LogP contribution in [-0.4, -0.2) is 7.05 Å². The fraction of sp³-hybridized carbons (Fsp3) is 0.429. The van der Waals surface area contributed by atoms with Crippen molar-refractivity contribution in [2.75, 3.05) is 7.05 Å². The molecule has 0 saturated heterocycles. The second kappa shape index (κ2) is 3.39. The van der Waals surface area contributed by atoms with Gasteiger partial charge in [-0.15, -0.1) is 0 Å². The summed E-state index contributed by atoms with van der Waals surface area (Å²) in [5, 5.41) is 3.03. The SMILES string of the molecule is CNCc1cocc1CN. The molecule has 0 fully saturated rings. The zero-order chi connectivity index (χ0) is 7.40. The minimum atomic E-state index is 0.549. The predicted octanol–water partition coefficient (Wildman–Crippen LogP) is 0.458. The van der Waals surface area contributed by atoms with E-state index >= 15 is 0 Å². The summed E-state index contributed by atoms with van der Waals surface area (Å²) in [5.74, 6) is 0. The Hall–Kier alpha value is -0.800. The number of rotatable bonds is 3. The average molecular weight is 140 g/mol. The average Bonchev–Trinajstić information content (AvgIpc) is 2.36. The van der Waals surface area contributed by atoms with Crippen LogP contribution >= 0.6 is 0 Å². The number of hydrogen-bond acceptors (Lipinski definition) is 3. The molecule has 1 rings (SSSR count). The second-order valence-corrected chi connectivity index (χ2v) is 2.16. The van der Waals surface area contributed by atoms with Gasteiger partial charge in [0.05, 0.1) is 12.5 Å². The van der Waals surface area contributed by atoms with Crippen LogP contribution in [0, 0.1) is 0 Å². The molecule has 0 aromatic carbocycles. The molecular weight excluding hydrogens is 128 g/mol. The Bertz CT molecular complexity index is 195. The van der Waals surface area contributed by atoms with Crippen molar-refractivity contribution in [3.63, 3.8) is 0 Å². The lowest BCUT2D eigenvalue weighted by Crippen LogP contribution is -2.07. The summed E-state index contributed by atoms with van der Waals surface area (Å²) < 4.78 is 4.97. The molecule has 0 bridgehead atoms. The molecule has 0 aliphatic carbocycles. The van der Waals surface area contributed by atoms with E-state index in [-0.39, 0.29) is 0 Å². The zero-order valence-electron chi connectivity index (χ0n) is 6.05. The van der Waals surface area contributed by atoms with Gasteiger partial charge in [0.1, 0.15) is 0 Å². The van der Waals surface area contributed by atoms with E-state index in [0.29, 0.717) is 6.54 Å². The van der Waals surface area contributed by atoms with Gasteiger partial charge in [-0.1, -0.05) is 0 Å². The Morgan fingerprint density at radius 3 is 2.80 bits per heavy atom. The van der Waals surface area contributed by atoms with Crippen LogP contribution in [-0.2, 0) is 13.1 Å². The van der Waals surface area contributed by atoms with Crippen molar-refractivity contribution in [1.82, 2.24) is 5.32 Å².